The maximum absolute atomic E-state index is 13.3. The summed E-state index contributed by atoms with van der Waals surface area (Å²) in [6.07, 6.45) is 3.99. The van der Waals surface area contributed by atoms with Gasteiger partial charge in [-0.15, -0.1) is 0 Å². The highest BCUT2D eigenvalue weighted by Gasteiger charge is 2.43. The first-order valence-electron chi connectivity index (χ1n) is 10.7. The summed E-state index contributed by atoms with van der Waals surface area (Å²) in [5.74, 6) is -0.457. The van der Waals surface area contributed by atoms with E-state index in [4.69, 9.17) is 0 Å². The number of hydrogen-bond acceptors (Lipinski definition) is 4. The molecule has 30 heavy (non-hydrogen) atoms. The molecule has 0 aromatic heterocycles. The van der Waals surface area contributed by atoms with E-state index in [0.717, 1.165) is 29.1 Å². The largest absolute Gasteiger partial charge is 0.341 e. The van der Waals surface area contributed by atoms with E-state index in [-0.39, 0.29) is 16.4 Å². The molecule has 0 unspecified atom stereocenters. The van der Waals surface area contributed by atoms with Crippen LogP contribution in [-0.4, -0.2) is 62.2 Å². The molecule has 1 saturated carbocycles. The molecule has 2 rings (SSSR count). The van der Waals surface area contributed by atoms with Gasteiger partial charge in [0.15, 0.2) is 0 Å². The Bertz CT molecular complexity index is 899. The van der Waals surface area contributed by atoms with Crippen molar-refractivity contribution in [2.24, 2.45) is 0 Å². The van der Waals surface area contributed by atoms with Crippen LogP contribution in [0.3, 0.4) is 0 Å². The number of amides is 2. The first-order chi connectivity index (χ1) is 14.0. The van der Waals surface area contributed by atoms with Crippen LogP contribution in [0.5, 0.6) is 0 Å². The Morgan fingerprint density at radius 2 is 1.60 bits per heavy atom. The Hall–Kier alpha value is -1.93. The first kappa shape index (κ1) is 24.3. The number of carbonyl (C=O) groups excluding carboxylic acids is 2. The van der Waals surface area contributed by atoms with Crippen molar-refractivity contribution in [3.05, 3.63) is 28.8 Å². The smallest absolute Gasteiger partial charge is 0.252 e. The Morgan fingerprint density at radius 1 is 1.03 bits per heavy atom. The van der Waals surface area contributed by atoms with E-state index in [1.54, 1.807) is 24.8 Å². The molecule has 0 atom stereocenters. The van der Waals surface area contributed by atoms with Gasteiger partial charge in [0.1, 0.15) is 5.54 Å². The second-order valence-electron chi connectivity index (χ2n) is 8.28. The van der Waals surface area contributed by atoms with Crippen LogP contribution in [0.1, 0.15) is 67.4 Å². The monoisotopic (exact) mass is 437 g/mol. The molecular formula is C22H35N3O4S. The standard InChI is InChI=1S/C22H35N3O4S/c1-7-25(8-2)21(27)22(12-10-9-11-13-22)23-20(26)18-14-16(3)17(4)19(15-18)30(28,29)24(5)6/h14-15H,7-13H2,1-6H3,(H,23,26). The van der Waals surface area contributed by atoms with E-state index in [1.807, 2.05) is 13.8 Å². The van der Waals surface area contributed by atoms with Gasteiger partial charge in [-0.25, -0.2) is 12.7 Å². The minimum atomic E-state index is -3.69. The lowest BCUT2D eigenvalue weighted by molar-refractivity contribution is -0.139. The van der Waals surface area contributed by atoms with E-state index < -0.39 is 21.5 Å². The van der Waals surface area contributed by atoms with Gasteiger partial charge in [0.2, 0.25) is 15.9 Å². The van der Waals surface area contributed by atoms with Gasteiger partial charge in [0.05, 0.1) is 4.90 Å². The average molecular weight is 438 g/mol. The molecule has 0 saturated heterocycles. The van der Waals surface area contributed by atoms with Gasteiger partial charge in [0.25, 0.3) is 5.91 Å². The maximum atomic E-state index is 13.3. The van der Waals surface area contributed by atoms with Crippen molar-refractivity contribution in [2.45, 2.75) is 70.2 Å². The number of sulfonamides is 1. The summed E-state index contributed by atoms with van der Waals surface area (Å²) in [4.78, 5) is 28.4. The third-order valence-corrected chi connectivity index (χ3v) is 8.10. The molecule has 1 aliphatic rings. The minimum absolute atomic E-state index is 0.0504. The number of likely N-dealkylation sites (N-methyl/N-ethyl adjacent to an activating group) is 1. The highest BCUT2D eigenvalue weighted by atomic mass is 32.2. The molecule has 8 heteroatoms. The summed E-state index contributed by atoms with van der Waals surface area (Å²) < 4.78 is 26.6. The molecule has 0 spiro atoms. The fraction of sp³-hybridized carbons (Fsp3) is 0.636. The summed E-state index contributed by atoms with van der Waals surface area (Å²) in [5.41, 5.74) is 0.666. The van der Waals surface area contributed by atoms with Crippen molar-refractivity contribution in [2.75, 3.05) is 27.2 Å². The lowest BCUT2D eigenvalue weighted by Crippen LogP contribution is -2.60. The van der Waals surface area contributed by atoms with Crippen molar-refractivity contribution >= 4 is 21.8 Å². The summed E-state index contributed by atoms with van der Waals surface area (Å²) in [6.45, 7) is 8.56. The summed E-state index contributed by atoms with van der Waals surface area (Å²) in [7, 11) is -0.756. The molecular weight excluding hydrogens is 402 g/mol. The van der Waals surface area contributed by atoms with Crippen molar-refractivity contribution in [1.29, 1.82) is 0 Å². The van der Waals surface area contributed by atoms with Gasteiger partial charge >= 0.3 is 0 Å². The molecule has 1 fully saturated rings. The number of rotatable bonds is 7. The summed E-state index contributed by atoms with van der Waals surface area (Å²) in [5, 5.41) is 3.01. The van der Waals surface area contributed by atoms with E-state index in [0.29, 0.717) is 31.5 Å². The topological polar surface area (TPSA) is 86.8 Å². The third-order valence-electron chi connectivity index (χ3n) is 6.16. The molecule has 0 bridgehead atoms. The second kappa shape index (κ2) is 9.47. The summed E-state index contributed by atoms with van der Waals surface area (Å²) in [6, 6.07) is 3.11. The van der Waals surface area contributed by atoms with Crippen LogP contribution in [0.25, 0.3) is 0 Å². The SMILES string of the molecule is CCN(CC)C(=O)C1(NC(=O)c2cc(C)c(C)c(S(=O)(=O)N(C)C)c2)CCCCC1. The van der Waals surface area contributed by atoms with Crippen molar-refractivity contribution in [1.82, 2.24) is 14.5 Å². The lowest BCUT2D eigenvalue weighted by atomic mass is 9.80. The fourth-order valence-electron chi connectivity index (χ4n) is 4.07. The van der Waals surface area contributed by atoms with Crippen LogP contribution < -0.4 is 5.32 Å². The molecule has 0 heterocycles. The van der Waals surface area contributed by atoms with Gasteiger partial charge in [-0.3, -0.25) is 9.59 Å². The number of aryl methyl sites for hydroxylation is 1. The molecule has 168 valence electrons. The van der Waals surface area contributed by atoms with Gasteiger partial charge < -0.3 is 10.2 Å². The Kier molecular flexibility index (Phi) is 7.69. The number of benzene rings is 1. The van der Waals surface area contributed by atoms with E-state index in [9.17, 15) is 18.0 Å². The van der Waals surface area contributed by atoms with Crippen LogP contribution in [0.4, 0.5) is 0 Å². The first-order valence-corrected chi connectivity index (χ1v) is 12.1. The van der Waals surface area contributed by atoms with Gasteiger partial charge in [-0.05, 0) is 63.8 Å². The zero-order valence-corrected chi connectivity index (χ0v) is 19.9. The zero-order valence-electron chi connectivity index (χ0n) is 19.0. The predicted molar refractivity (Wildman–Crippen MR) is 118 cm³/mol. The van der Waals surface area contributed by atoms with Crippen molar-refractivity contribution < 1.29 is 18.0 Å². The predicted octanol–water partition coefficient (Wildman–Crippen LogP) is 2.85. The minimum Gasteiger partial charge on any atom is -0.341 e. The third kappa shape index (κ3) is 4.70. The highest BCUT2D eigenvalue weighted by molar-refractivity contribution is 7.89. The molecule has 1 aliphatic carbocycles. The van der Waals surface area contributed by atoms with Crippen LogP contribution in [-0.2, 0) is 14.8 Å². The van der Waals surface area contributed by atoms with Gasteiger partial charge in [0, 0.05) is 32.7 Å². The Balaban J connectivity index is 2.46. The lowest BCUT2D eigenvalue weighted by Gasteiger charge is -2.40. The van der Waals surface area contributed by atoms with Crippen LogP contribution in [0.2, 0.25) is 0 Å². The Labute approximate surface area is 180 Å². The van der Waals surface area contributed by atoms with E-state index in [1.165, 1.54) is 20.2 Å². The molecule has 7 nitrogen and oxygen atoms in total. The number of nitrogens with one attached hydrogen (secondary N) is 1. The molecule has 1 aromatic rings. The molecule has 1 aromatic carbocycles. The molecule has 0 aliphatic heterocycles. The number of carbonyl (C=O) groups is 2. The van der Waals surface area contributed by atoms with Crippen LogP contribution in [0, 0.1) is 13.8 Å². The molecule has 1 N–H and O–H groups in total. The zero-order chi connectivity index (χ0) is 22.7. The van der Waals surface area contributed by atoms with Crippen molar-refractivity contribution in [3.8, 4) is 0 Å². The maximum Gasteiger partial charge on any atom is 0.252 e. The van der Waals surface area contributed by atoms with Crippen LogP contribution >= 0.6 is 0 Å². The molecule has 2 amide bonds. The van der Waals surface area contributed by atoms with Gasteiger partial charge in [-0.2, -0.15) is 0 Å². The highest BCUT2D eigenvalue weighted by Crippen LogP contribution is 2.31. The molecule has 0 radical (unpaired) electrons. The van der Waals surface area contributed by atoms with Crippen molar-refractivity contribution in [3.63, 3.8) is 0 Å². The average Bonchev–Trinajstić information content (AvgIpc) is 2.71. The van der Waals surface area contributed by atoms with E-state index in [2.05, 4.69) is 5.32 Å². The quantitative estimate of drug-likeness (QED) is 0.711. The van der Waals surface area contributed by atoms with Crippen LogP contribution in [0.15, 0.2) is 17.0 Å². The summed E-state index contributed by atoms with van der Waals surface area (Å²) >= 11 is 0. The Morgan fingerprint density at radius 3 is 2.10 bits per heavy atom. The number of nitrogens with zero attached hydrogens (tertiary/aromatic N) is 2. The number of hydrogen-bond donors (Lipinski definition) is 1. The fourth-order valence-corrected chi connectivity index (χ4v) is 5.29. The van der Waals surface area contributed by atoms with Gasteiger partial charge in [-0.1, -0.05) is 19.3 Å². The second-order valence-corrected chi connectivity index (χ2v) is 10.4. The van der Waals surface area contributed by atoms with E-state index >= 15 is 0 Å². The normalized spacial score (nSPS) is 16.4.